The summed E-state index contributed by atoms with van der Waals surface area (Å²) in [5.74, 6) is 0.421. The molecular weight excluding hydrogens is 355 g/mol. The fraction of sp³-hybridized carbons (Fsp3) is 0.143. The average molecular weight is 365 g/mol. The molecule has 0 amide bonds. The van der Waals surface area contributed by atoms with E-state index in [4.69, 9.17) is 11.6 Å². The summed E-state index contributed by atoms with van der Waals surface area (Å²) in [6.45, 7) is 0. The van der Waals surface area contributed by atoms with Crippen LogP contribution >= 0.6 is 27.5 Å². The highest BCUT2D eigenvalue weighted by atomic mass is 79.9. The number of nitrogens with one attached hydrogen (secondary N) is 1. The van der Waals surface area contributed by atoms with Crippen LogP contribution in [-0.2, 0) is 12.1 Å². The van der Waals surface area contributed by atoms with Crippen LogP contribution in [0.4, 0.5) is 24.5 Å². The highest BCUT2D eigenvalue weighted by molar-refractivity contribution is 9.10. The van der Waals surface area contributed by atoms with Gasteiger partial charge in [0.1, 0.15) is 0 Å². The SMILES string of the molecule is FC(F)(F)c1ccc(Nc2ccc(CCl)cc2)c(Br)c1. The minimum Gasteiger partial charge on any atom is -0.355 e. The van der Waals surface area contributed by atoms with Crippen molar-refractivity contribution in [3.8, 4) is 0 Å². The van der Waals surface area contributed by atoms with E-state index in [9.17, 15) is 13.2 Å². The van der Waals surface area contributed by atoms with Gasteiger partial charge in [-0.1, -0.05) is 12.1 Å². The Morgan fingerprint density at radius 3 is 2.20 bits per heavy atom. The largest absolute Gasteiger partial charge is 0.416 e. The third-order valence-corrected chi connectivity index (χ3v) is 3.65. The minimum atomic E-state index is -4.34. The van der Waals surface area contributed by atoms with Crippen molar-refractivity contribution in [3.63, 3.8) is 0 Å². The molecule has 0 aliphatic carbocycles. The molecule has 20 heavy (non-hydrogen) atoms. The maximum Gasteiger partial charge on any atom is 0.416 e. The van der Waals surface area contributed by atoms with E-state index in [-0.39, 0.29) is 0 Å². The first-order chi connectivity index (χ1) is 9.40. The van der Waals surface area contributed by atoms with Crippen LogP contribution in [0.5, 0.6) is 0 Å². The van der Waals surface area contributed by atoms with E-state index in [2.05, 4.69) is 21.2 Å². The lowest BCUT2D eigenvalue weighted by Gasteiger charge is -2.12. The summed E-state index contributed by atoms with van der Waals surface area (Å²) in [5.41, 5.74) is 1.63. The molecule has 0 heterocycles. The highest BCUT2D eigenvalue weighted by Crippen LogP contribution is 2.34. The van der Waals surface area contributed by atoms with Gasteiger partial charge in [-0.15, -0.1) is 11.6 Å². The fourth-order valence-electron chi connectivity index (χ4n) is 1.63. The summed E-state index contributed by atoms with van der Waals surface area (Å²) in [4.78, 5) is 0. The monoisotopic (exact) mass is 363 g/mol. The Balaban J connectivity index is 2.21. The Labute approximate surface area is 127 Å². The molecule has 0 spiro atoms. The minimum absolute atomic E-state index is 0.355. The van der Waals surface area contributed by atoms with E-state index in [1.807, 2.05) is 24.3 Å². The lowest BCUT2D eigenvalue weighted by Crippen LogP contribution is -2.05. The van der Waals surface area contributed by atoms with Crippen LogP contribution < -0.4 is 5.32 Å². The van der Waals surface area contributed by atoms with Gasteiger partial charge in [0.05, 0.1) is 11.3 Å². The van der Waals surface area contributed by atoms with Gasteiger partial charge in [0, 0.05) is 16.0 Å². The quantitative estimate of drug-likeness (QED) is 0.664. The maximum absolute atomic E-state index is 12.6. The van der Waals surface area contributed by atoms with Gasteiger partial charge in [-0.25, -0.2) is 0 Å². The third kappa shape index (κ3) is 3.67. The van der Waals surface area contributed by atoms with Crippen molar-refractivity contribution >= 4 is 38.9 Å². The summed E-state index contributed by atoms with van der Waals surface area (Å²) in [6.07, 6.45) is -4.34. The molecular formula is C14H10BrClF3N. The fourth-order valence-corrected chi connectivity index (χ4v) is 2.28. The Hall–Kier alpha value is -1.20. The first-order valence-electron chi connectivity index (χ1n) is 5.69. The Bertz CT molecular complexity index is 596. The summed E-state index contributed by atoms with van der Waals surface area (Å²) >= 11 is 8.83. The first-order valence-corrected chi connectivity index (χ1v) is 7.01. The van der Waals surface area contributed by atoms with Gasteiger partial charge in [-0.05, 0) is 51.8 Å². The number of benzene rings is 2. The zero-order valence-electron chi connectivity index (χ0n) is 10.1. The molecule has 0 radical (unpaired) electrons. The van der Waals surface area contributed by atoms with Crippen molar-refractivity contribution in [3.05, 3.63) is 58.1 Å². The predicted octanol–water partition coefficient (Wildman–Crippen LogP) is 5.95. The van der Waals surface area contributed by atoms with Crippen molar-refractivity contribution in [2.24, 2.45) is 0 Å². The lowest BCUT2D eigenvalue weighted by atomic mass is 10.2. The Morgan fingerprint density at radius 1 is 1.05 bits per heavy atom. The van der Waals surface area contributed by atoms with E-state index >= 15 is 0 Å². The van der Waals surface area contributed by atoms with Crippen LogP contribution in [-0.4, -0.2) is 0 Å². The molecule has 2 aromatic rings. The molecule has 0 fully saturated rings. The van der Waals surface area contributed by atoms with Crippen molar-refractivity contribution < 1.29 is 13.2 Å². The molecule has 0 unspecified atom stereocenters. The van der Waals surface area contributed by atoms with Gasteiger partial charge in [0.15, 0.2) is 0 Å². The van der Waals surface area contributed by atoms with Gasteiger partial charge in [-0.3, -0.25) is 0 Å². The van der Waals surface area contributed by atoms with E-state index < -0.39 is 11.7 Å². The highest BCUT2D eigenvalue weighted by Gasteiger charge is 2.30. The smallest absolute Gasteiger partial charge is 0.355 e. The molecule has 2 rings (SSSR count). The van der Waals surface area contributed by atoms with Crippen molar-refractivity contribution in [1.82, 2.24) is 0 Å². The van der Waals surface area contributed by atoms with E-state index in [0.29, 0.717) is 16.0 Å². The van der Waals surface area contributed by atoms with Crippen molar-refractivity contribution in [2.75, 3.05) is 5.32 Å². The molecule has 0 bridgehead atoms. The van der Waals surface area contributed by atoms with Crippen LogP contribution in [0.1, 0.15) is 11.1 Å². The number of rotatable bonds is 3. The van der Waals surface area contributed by atoms with Crippen LogP contribution in [0.25, 0.3) is 0 Å². The second-order valence-corrected chi connectivity index (χ2v) is 5.27. The lowest BCUT2D eigenvalue weighted by molar-refractivity contribution is -0.137. The molecule has 0 aromatic heterocycles. The topological polar surface area (TPSA) is 12.0 Å². The number of hydrogen-bond donors (Lipinski definition) is 1. The number of halogens is 5. The molecule has 106 valence electrons. The van der Waals surface area contributed by atoms with Crippen molar-refractivity contribution in [2.45, 2.75) is 12.1 Å². The first kappa shape index (κ1) is 15.2. The summed E-state index contributed by atoms with van der Waals surface area (Å²) in [6, 6.07) is 10.8. The Kier molecular flexibility index (Phi) is 4.60. The van der Waals surface area contributed by atoms with Gasteiger partial charge in [-0.2, -0.15) is 13.2 Å². The van der Waals surface area contributed by atoms with Crippen LogP contribution in [0, 0.1) is 0 Å². The zero-order chi connectivity index (χ0) is 14.8. The maximum atomic E-state index is 12.6. The molecule has 0 aliphatic rings. The third-order valence-electron chi connectivity index (χ3n) is 2.68. The molecule has 2 aromatic carbocycles. The van der Waals surface area contributed by atoms with E-state index in [1.165, 1.54) is 6.07 Å². The summed E-state index contributed by atoms with van der Waals surface area (Å²) < 4.78 is 38.0. The molecule has 0 saturated carbocycles. The average Bonchev–Trinajstić information content (AvgIpc) is 2.41. The summed E-state index contributed by atoms with van der Waals surface area (Å²) in [5, 5.41) is 3.04. The number of anilines is 2. The second kappa shape index (κ2) is 6.06. The van der Waals surface area contributed by atoms with Crippen LogP contribution in [0.2, 0.25) is 0 Å². The number of alkyl halides is 4. The van der Waals surface area contributed by atoms with Crippen molar-refractivity contribution in [1.29, 1.82) is 0 Å². The van der Waals surface area contributed by atoms with E-state index in [1.54, 1.807) is 0 Å². The van der Waals surface area contributed by atoms with E-state index in [0.717, 1.165) is 23.4 Å². The Morgan fingerprint density at radius 2 is 1.70 bits per heavy atom. The molecule has 0 atom stereocenters. The predicted molar refractivity (Wildman–Crippen MR) is 78.4 cm³/mol. The molecule has 6 heteroatoms. The molecule has 1 nitrogen and oxygen atoms in total. The zero-order valence-corrected chi connectivity index (χ0v) is 12.5. The molecule has 1 N–H and O–H groups in total. The molecule has 0 saturated heterocycles. The van der Waals surface area contributed by atoms with Crippen LogP contribution in [0.15, 0.2) is 46.9 Å². The normalized spacial score (nSPS) is 11.4. The van der Waals surface area contributed by atoms with Gasteiger partial charge in [0.25, 0.3) is 0 Å². The number of hydrogen-bond acceptors (Lipinski definition) is 1. The standard InChI is InChI=1S/C14H10BrClF3N/c15-12-7-10(14(17,18)19)3-6-13(12)20-11-4-1-9(8-16)2-5-11/h1-7,20H,8H2. The molecule has 0 aliphatic heterocycles. The van der Waals surface area contributed by atoms with Gasteiger partial charge >= 0.3 is 6.18 Å². The van der Waals surface area contributed by atoms with Gasteiger partial charge in [0.2, 0.25) is 0 Å². The summed E-state index contributed by atoms with van der Waals surface area (Å²) in [7, 11) is 0. The van der Waals surface area contributed by atoms with Crippen LogP contribution in [0.3, 0.4) is 0 Å². The second-order valence-electron chi connectivity index (χ2n) is 4.15. The van der Waals surface area contributed by atoms with Gasteiger partial charge < -0.3 is 5.32 Å².